The molecule has 0 aromatic carbocycles. The van der Waals surface area contributed by atoms with Gasteiger partial charge in [-0.15, -0.1) is 5.10 Å². The molecule has 0 fully saturated rings. The number of carboxylic acid groups (broad SMARTS) is 1. The summed E-state index contributed by atoms with van der Waals surface area (Å²) in [6.45, 7) is 3.08. The summed E-state index contributed by atoms with van der Waals surface area (Å²) in [5.74, 6) is -1.10. The molecule has 0 radical (unpaired) electrons. The highest BCUT2D eigenvalue weighted by Crippen LogP contribution is 2.09. The van der Waals surface area contributed by atoms with E-state index in [1.54, 1.807) is 6.92 Å². The fraction of sp³-hybridized carbons (Fsp3) is 0.444. The number of hydrogen-bond donors (Lipinski definition) is 3. The summed E-state index contributed by atoms with van der Waals surface area (Å²) in [5.41, 5.74) is -1.33. The van der Waals surface area contributed by atoms with Crippen LogP contribution in [0.25, 0.3) is 0 Å². The van der Waals surface area contributed by atoms with Crippen LogP contribution in [0.5, 0.6) is 0 Å². The number of hydrogen-bond acceptors (Lipinski definition) is 5. The smallest absolute Gasteiger partial charge is 0.329 e. The zero-order valence-electron chi connectivity index (χ0n) is 9.47. The number of carboxylic acids is 1. The molecule has 1 heterocycles. The minimum atomic E-state index is -1.33. The Hall–Kier alpha value is -2.25. The summed E-state index contributed by atoms with van der Waals surface area (Å²) in [6, 6.07) is -0.690. The summed E-state index contributed by atoms with van der Waals surface area (Å²) in [6.07, 6.45) is 2.97. The molecule has 1 aromatic heterocycles. The Bertz CT molecular complexity index is 410. The second-order valence-corrected chi connectivity index (χ2v) is 3.54. The van der Waals surface area contributed by atoms with Crippen LogP contribution in [0.1, 0.15) is 20.3 Å². The Balaban J connectivity index is 2.64. The van der Waals surface area contributed by atoms with E-state index in [0.29, 0.717) is 0 Å². The van der Waals surface area contributed by atoms with Gasteiger partial charge in [0, 0.05) is 0 Å². The first kappa shape index (κ1) is 12.8. The minimum Gasteiger partial charge on any atom is -0.480 e. The van der Waals surface area contributed by atoms with Gasteiger partial charge in [0.1, 0.15) is 5.54 Å². The number of aliphatic carboxylic acids is 1. The van der Waals surface area contributed by atoms with E-state index < -0.39 is 17.5 Å². The molecule has 8 heteroatoms. The van der Waals surface area contributed by atoms with Crippen LogP contribution in [0.4, 0.5) is 10.7 Å². The lowest BCUT2D eigenvalue weighted by molar-refractivity contribution is -0.143. The molecule has 0 saturated carbocycles. The highest BCUT2D eigenvalue weighted by atomic mass is 16.4. The molecule has 1 aromatic rings. The fourth-order valence-electron chi connectivity index (χ4n) is 0.981. The molecule has 0 aliphatic rings. The van der Waals surface area contributed by atoms with Crippen molar-refractivity contribution in [2.45, 2.75) is 25.8 Å². The molecular formula is C9H13N5O3. The van der Waals surface area contributed by atoms with Gasteiger partial charge >= 0.3 is 12.0 Å². The first-order valence-electron chi connectivity index (χ1n) is 4.94. The maximum Gasteiger partial charge on any atom is 0.329 e. The van der Waals surface area contributed by atoms with Crippen molar-refractivity contribution in [3.8, 4) is 0 Å². The maximum atomic E-state index is 11.5. The standard InChI is InChI=1S/C9H13N5O3/c1-3-9(2,6(15)16)13-8(17)12-7-10-4-5-11-14-7/h4-5H,3H2,1-2H3,(H,15,16)(H2,10,12,13,14,17). The van der Waals surface area contributed by atoms with Crippen molar-refractivity contribution in [3.05, 3.63) is 12.4 Å². The lowest BCUT2D eigenvalue weighted by Gasteiger charge is -2.24. The van der Waals surface area contributed by atoms with Gasteiger partial charge in [-0.3, -0.25) is 5.32 Å². The molecule has 0 bridgehead atoms. The van der Waals surface area contributed by atoms with Gasteiger partial charge in [0.15, 0.2) is 0 Å². The lowest BCUT2D eigenvalue weighted by atomic mass is 10.00. The maximum absolute atomic E-state index is 11.5. The number of rotatable bonds is 4. The molecule has 3 N–H and O–H groups in total. The number of anilines is 1. The van der Waals surface area contributed by atoms with Gasteiger partial charge in [0.2, 0.25) is 0 Å². The van der Waals surface area contributed by atoms with E-state index in [9.17, 15) is 9.59 Å². The van der Waals surface area contributed by atoms with Gasteiger partial charge < -0.3 is 10.4 Å². The SMILES string of the molecule is CCC(C)(NC(=O)Nc1nccnn1)C(=O)O. The van der Waals surface area contributed by atoms with Crippen molar-refractivity contribution < 1.29 is 14.7 Å². The molecule has 8 nitrogen and oxygen atoms in total. The molecule has 0 aliphatic heterocycles. The number of urea groups is 1. The van der Waals surface area contributed by atoms with Gasteiger partial charge in [-0.1, -0.05) is 6.92 Å². The molecule has 0 spiro atoms. The number of carbonyl (C=O) groups excluding carboxylic acids is 1. The van der Waals surface area contributed by atoms with Crippen LogP contribution >= 0.6 is 0 Å². The highest BCUT2D eigenvalue weighted by Gasteiger charge is 2.32. The van der Waals surface area contributed by atoms with Gasteiger partial charge in [-0.25, -0.2) is 14.6 Å². The zero-order valence-corrected chi connectivity index (χ0v) is 9.47. The van der Waals surface area contributed by atoms with E-state index in [1.807, 2.05) is 0 Å². The van der Waals surface area contributed by atoms with E-state index in [4.69, 9.17) is 5.11 Å². The Kier molecular flexibility index (Phi) is 3.91. The van der Waals surface area contributed by atoms with Crippen molar-refractivity contribution in [2.24, 2.45) is 0 Å². The molecular weight excluding hydrogens is 226 g/mol. The first-order valence-corrected chi connectivity index (χ1v) is 4.94. The fourth-order valence-corrected chi connectivity index (χ4v) is 0.981. The zero-order chi connectivity index (χ0) is 12.9. The Labute approximate surface area is 97.5 Å². The van der Waals surface area contributed by atoms with Gasteiger partial charge in [0.25, 0.3) is 5.95 Å². The van der Waals surface area contributed by atoms with E-state index in [1.165, 1.54) is 19.3 Å². The topological polar surface area (TPSA) is 117 Å². The quantitative estimate of drug-likeness (QED) is 0.693. The number of amides is 2. The average molecular weight is 239 g/mol. The summed E-state index contributed by atoms with van der Waals surface area (Å²) in [4.78, 5) is 26.2. The third-order valence-electron chi connectivity index (χ3n) is 2.28. The third kappa shape index (κ3) is 3.37. The Morgan fingerprint density at radius 2 is 2.18 bits per heavy atom. The second kappa shape index (κ2) is 5.19. The van der Waals surface area contributed by atoms with Crippen LogP contribution in [0.2, 0.25) is 0 Å². The summed E-state index contributed by atoms with van der Waals surface area (Å²) >= 11 is 0. The second-order valence-electron chi connectivity index (χ2n) is 3.54. The predicted octanol–water partition coefficient (Wildman–Crippen LogP) is 0.246. The summed E-state index contributed by atoms with van der Waals surface area (Å²) in [5, 5.41) is 20.6. The summed E-state index contributed by atoms with van der Waals surface area (Å²) in [7, 11) is 0. The number of nitrogens with zero attached hydrogens (tertiary/aromatic N) is 3. The van der Waals surface area contributed by atoms with E-state index in [2.05, 4.69) is 25.8 Å². The highest BCUT2D eigenvalue weighted by molar-refractivity contribution is 5.92. The van der Waals surface area contributed by atoms with E-state index in [0.717, 1.165) is 0 Å². The van der Waals surface area contributed by atoms with Gasteiger partial charge in [0.05, 0.1) is 12.4 Å². The monoisotopic (exact) mass is 239 g/mol. The largest absolute Gasteiger partial charge is 0.480 e. The number of nitrogens with one attached hydrogen (secondary N) is 2. The average Bonchev–Trinajstić information content (AvgIpc) is 2.29. The molecule has 17 heavy (non-hydrogen) atoms. The first-order chi connectivity index (χ1) is 7.98. The van der Waals surface area contributed by atoms with Crippen molar-refractivity contribution >= 4 is 17.9 Å². The molecule has 1 unspecified atom stereocenters. The Morgan fingerprint density at radius 1 is 1.47 bits per heavy atom. The van der Waals surface area contributed by atoms with Crippen molar-refractivity contribution in [3.63, 3.8) is 0 Å². The molecule has 0 aliphatic carbocycles. The van der Waals surface area contributed by atoms with Crippen LogP contribution in [-0.4, -0.2) is 37.8 Å². The van der Waals surface area contributed by atoms with Crippen LogP contribution in [0, 0.1) is 0 Å². The molecule has 1 atom stereocenters. The van der Waals surface area contributed by atoms with E-state index >= 15 is 0 Å². The van der Waals surface area contributed by atoms with E-state index in [-0.39, 0.29) is 12.4 Å². The van der Waals surface area contributed by atoms with Gasteiger partial charge in [-0.2, -0.15) is 5.10 Å². The molecule has 1 rings (SSSR count). The molecule has 0 saturated heterocycles. The van der Waals surface area contributed by atoms with Crippen LogP contribution in [-0.2, 0) is 4.79 Å². The lowest BCUT2D eigenvalue weighted by Crippen LogP contribution is -2.53. The van der Waals surface area contributed by atoms with Crippen LogP contribution in [0.15, 0.2) is 12.4 Å². The normalized spacial score (nSPS) is 13.5. The number of carbonyl (C=O) groups is 2. The third-order valence-corrected chi connectivity index (χ3v) is 2.28. The predicted molar refractivity (Wildman–Crippen MR) is 58.3 cm³/mol. The number of aromatic nitrogens is 3. The van der Waals surface area contributed by atoms with Crippen LogP contribution in [0.3, 0.4) is 0 Å². The summed E-state index contributed by atoms with van der Waals surface area (Å²) < 4.78 is 0. The molecule has 92 valence electrons. The van der Waals surface area contributed by atoms with Crippen molar-refractivity contribution in [2.75, 3.05) is 5.32 Å². The minimum absolute atomic E-state index is 0.00819. The van der Waals surface area contributed by atoms with Gasteiger partial charge in [-0.05, 0) is 13.3 Å². The molecule has 2 amide bonds. The van der Waals surface area contributed by atoms with Crippen molar-refractivity contribution in [1.29, 1.82) is 0 Å². The Morgan fingerprint density at radius 3 is 2.65 bits per heavy atom. The van der Waals surface area contributed by atoms with Crippen molar-refractivity contribution in [1.82, 2.24) is 20.5 Å². The van der Waals surface area contributed by atoms with Crippen LogP contribution < -0.4 is 10.6 Å².